The third kappa shape index (κ3) is 3.51. The van der Waals surface area contributed by atoms with E-state index in [0.717, 1.165) is 5.69 Å². The minimum absolute atomic E-state index is 0.242. The first-order chi connectivity index (χ1) is 6.70. The van der Waals surface area contributed by atoms with Crippen LogP contribution in [0.5, 0.6) is 0 Å². The molecule has 0 aromatic carbocycles. The van der Waals surface area contributed by atoms with Gasteiger partial charge in [-0.3, -0.25) is 9.78 Å². The number of carboxylic acids is 1. The maximum Gasteiger partial charge on any atom is 0.321 e. The molecule has 0 aliphatic carbocycles. The fourth-order valence-corrected chi connectivity index (χ4v) is 0.946. The predicted molar refractivity (Wildman–Crippen MR) is 51.6 cm³/mol. The van der Waals surface area contributed by atoms with Crippen LogP contribution in [-0.4, -0.2) is 28.6 Å². The fourth-order valence-electron chi connectivity index (χ4n) is 0.946. The zero-order chi connectivity index (χ0) is 10.4. The summed E-state index contributed by atoms with van der Waals surface area (Å²) in [5, 5.41) is 11.4. The first-order valence-electron chi connectivity index (χ1n) is 4.29. The molecule has 1 aromatic heterocycles. The van der Waals surface area contributed by atoms with E-state index in [-0.39, 0.29) is 6.54 Å². The lowest BCUT2D eigenvalue weighted by atomic mass is 10.3. The second kappa shape index (κ2) is 5.31. The average molecular weight is 195 g/mol. The Morgan fingerprint density at radius 1 is 1.64 bits per heavy atom. The van der Waals surface area contributed by atoms with Crippen LogP contribution in [0.25, 0.3) is 0 Å². The van der Waals surface area contributed by atoms with Gasteiger partial charge >= 0.3 is 5.97 Å². The van der Waals surface area contributed by atoms with E-state index < -0.39 is 12.0 Å². The summed E-state index contributed by atoms with van der Waals surface area (Å²) in [6.07, 6.45) is 1.69. The van der Waals surface area contributed by atoms with Crippen molar-refractivity contribution in [2.24, 2.45) is 5.73 Å². The lowest BCUT2D eigenvalue weighted by Gasteiger charge is -2.07. The molecule has 5 heteroatoms. The van der Waals surface area contributed by atoms with Crippen molar-refractivity contribution in [3.05, 3.63) is 30.1 Å². The van der Waals surface area contributed by atoms with E-state index in [9.17, 15) is 4.79 Å². The van der Waals surface area contributed by atoms with Crippen molar-refractivity contribution in [2.75, 3.05) is 6.54 Å². The molecule has 0 saturated heterocycles. The number of pyridine rings is 1. The van der Waals surface area contributed by atoms with Crippen LogP contribution in [0.15, 0.2) is 24.4 Å². The predicted octanol–water partition coefficient (Wildman–Crippen LogP) is -0.417. The maximum atomic E-state index is 10.4. The van der Waals surface area contributed by atoms with Gasteiger partial charge in [-0.1, -0.05) is 6.07 Å². The van der Waals surface area contributed by atoms with Crippen molar-refractivity contribution in [1.29, 1.82) is 0 Å². The lowest BCUT2D eigenvalue weighted by molar-refractivity contribution is -0.138. The van der Waals surface area contributed by atoms with Gasteiger partial charge in [0.05, 0.1) is 5.69 Å². The zero-order valence-corrected chi connectivity index (χ0v) is 7.68. The van der Waals surface area contributed by atoms with Crippen molar-refractivity contribution >= 4 is 5.97 Å². The Balaban J connectivity index is 2.26. The van der Waals surface area contributed by atoms with Crippen LogP contribution in [0, 0.1) is 0 Å². The van der Waals surface area contributed by atoms with Crippen LogP contribution in [-0.2, 0) is 11.3 Å². The molecule has 0 aliphatic heterocycles. The van der Waals surface area contributed by atoms with Gasteiger partial charge in [-0.15, -0.1) is 0 Å². The Morgan fingerprint density at radius 2 is 2.43 bits per heavy atom. The lowest BCUT2D eigenvalue weighted by Crippen LogP contribution is -2.40. The highest BCUT2D eigenvalue weighted by molar-refractivity contribution is 5.73. The smallest absolute Gasteiger partial charge is 0.321 e. The molecule has 1 unspecified atom stereocenters. The van der Waals surface area contributed by atoms with Crippen molar-refractivity contribution in [3.8, 4) is 0 Å². The van der Waals surface area contributed by atoms with Crippen LogP contribution >= 0.6 is 0 Å². The molecule has 0 spiro atoms. The summed E-state index contributed by atoms with van der Waals surface area (Å²) in [6, 6.07) is 4.70. The molecule has 4 N–H and O–H groups in total. The third-order valence-electron chi connectivity index (χ3n) is 1.71. The summed E-state index contributed by atoms with van der Waals surface area (Å²) in [5.74, 6) is -1.00. The molecule has 76 valence electrons. The normalized spacial score (nSPS) is 12.4. The summed E-state index contributed by atoms with van der Waals surface area (Å²) in [7, 11) is 0. The van der Waals surface area contributed by atoms with Gasteiger partial charge < -0.3 is 16.2 Å². The molecule has 14 heavy (non-hydrogen) atoms. The summed E-state index contributed by atoms with van der Waals surface area (Å²) in [5.41, 5.74) is 6.16. The highest BCUT2D eigenvalue weighted by Crippen LogP contribution is 1.91. The van der Waals surface area contributed by atoms with Crippen LogP contribution < -0.4 is 11.1 Å². The molecule has 0 saturated carbocycles. The second-order valence-electron chi connectivity index (χ2n) is 2.90. The van der Waals surface area contributed by atoms with Crippen molar-refractivity contribution in [1.82, 2.24) is 10.3 Å². The Hall–Kier alpha value is -1.46. The third-order valence-corrected chi connectivity index (χ3v) is 1.71. The van der Waals surface area contributed by atoms with Gasteiger partial charge in [-0.05, 0) is 12.1 Å². The molecule has 1 atom stereocenters. The van der Waals surface area contributed by atoms with Gasteiger partial charge in [0.15, 0.2) is 0 Å². The molecule has 0 amide bonds. The summed E-state index contributed by atoms with van der Waals surface area (Å²) < 4.78 is 0. The van der Waals surface area contributed by atoms with E-state index in [1.807, 2.05) is 18.2 Å². The molecule has 0 aliphatic rings. The Morgan fingerprint density at radius 3 is 3.00 bits per heavy atom. The topological polar surface area (TPSA) is 88.2 Å². The second-order valence-corrected chi connectivity index (χ2v) is 2.90. The van der Waals surface area contributed by atoms with Gasteiger partial charge in [-0.2, -0.15) is 0 Å². The molecule has 0 bridgehead atoms. The molecular weight excluding hydrogens is 182 g/mol. The zero-order valence-electron chi connectivity index (χ0n) is 7.68. The van der Waals surface area contributed by atoms with E-state index in [1.54, 1.807) is 6.20 Å². The summed E-state index contributed by atoms with van der Waals surface area (Å²) in [4.78, 5) is 14.4. The molecule has 0 fully saturated rings. The van der Waals surface area contributed by atoms with E-state index in [4.69, 9.17) is 10.8 Å². The number of nitrogens with two attached hydrogens (primary N) is 1. The minimum atomic E-state index is -1.00. The first kappa shape index (κ1) is 10.6. The first-order valence-corrected chi connectivity index (χ1v) is 4.29. The van der Waals surface area contributed by atoms with E-state index in [1.165, 1.54) is 0 Å². The molecule has 1 heterocycles. The number of nitrogens with one attached hydrogen (secondary N) is 1. The minimum Gasteiger partial charge on any atom is -0.480 e. The van der Waals surface area contributed by atoms with Crippen LogP contribution in [0.3, 0.4) is 0 Å². The van der Waals surface area contributed by atoms with Gasteiger partial charge in [0.1, 0.15) is 6.04 Å². The highest BCUT2D eigenvalue weighted by Gasteiger charge is 2.09. The number of rotatable bonds is 5. The molecule has 5 nitrogen and oxygen atoms in total. The van der Waals surface area contributed by atoms with Crippen molar-refractivity contribution in [2.45, 2.75) is 12.6 Å². The molecule has 1 rings (SSSR count). The standard InChI is InChI=1S/C9H13N3O2/c10-8(9(13)14)6-11-5-7-3-1-2-4-12-7/h1-4,8,11H,5-6,10H2,(H,13,14). The SMILES string of the molecule is NC(CNCc1ccccn1)C(=O)O. The van der Waals surface area contributed by atoms with Crippen molar-refractivity contribution < 1.29 is 9.90 Å². The van der Waals surface area contributed by atoms with Crippen molar-refractivity contribution in [3.63, 3.8) is 0 Å². The van der Waals surface area contributed by atoms with Crippen LogP contribution in [0.2, 0.25) is 0 Å². The van der Waals surface area contributed by atoms with E-state index in [0.29, 0.717) is 6.54 Å². The quantitative estimate of drug-likeness (QED) is 0.594. The monoisotopic (exact) mass is 195 g/mol. The maximum absolute atomic E-state index is 10.4. The number of carboxylic acid groups (broad SMARTS) is 1. The van der Waals surface area contributed by atoms with Gasteiger partial charge in [0, 0.05) is 19.3 Å². The summed E-state index contributed by atoms with van der Waals surface area (Å²) in [6.45, 7) is 0.772. The van der Waals surface area contributed by atoms with Crippen LogP contribution in [0.1, 0.15) is 5.69 Å². The molecule has 1 aromatic rings. The van der Waals surface area contributed by atoms with E-state index >= 15 is 0 Å². The number of hydrogen-bond donors (Lipinski definition) is 3. The fraction of sp³-hybridized carbons (Fsp3) is 0.333. The average Bonchev–Trinajstić information content (AvgIpc) is 2.19. The molecular formula is C9H13N3O2. The van der Waals surface area contributed by atoms with Crippen LogP contribution in [0.4, 0.5) is 0 Å². The van der Waals surface area contributed by atoms with Gasteiger partial charge in [-0.25, -0.2) is 0 Å². The number of hydrogen-bond acceptors (Lipinski definition) is 4. The Kier molecular flexibility index (Phi) is 4.03. The number of aliphatic carboxylic acids is 1. The molecule has 0 radical (unpaired) electrons. The summed E-state index contributed by atoms with van der Waals surface area (Å²) >= 11 is 0. The largest absolute Gasteiger partial charge is 0.480 e. The number of carbonyl (C=O) groups is 1. The Labute approximate surface area is 82.0 Å². The number of aromatic nitrogens is 1. The van der Waals surface area contributed by atoms with E-state index in [2.05, 4.69) is 10.3 Å². The van der Waals surface area contributed by atoms with Gasteiger partial charge in [0.2, 0.25) is 0 Å². The van der Waals surface area contributed by atoms with Gasteiger partial charge in [0.25, 0.3) is 0 Å². The Bertz CT molecular complexity index is 289. The number of nitrogens with zero attached hydrogens (tertiary/aromatic N) is 1. The highest BCUT2D eigenvalue weighted by atomic mass is 16.4.